The molecule has 0 fully saturated rings. The monoisotopic (exact) mass is 730 g/mol. The molecule has 5 heterocycles. The normalized spacial score (nSPS) is 15.5. The van der Waals surface area contributed by atoms with Gasteiger partial charge in [-0.05, 0) is 64.7 Å². The highest BCUT2D eigenvalue weighted by atomic mass is 32.2. The van der Waals surface area contributed by atoms with Gasteiger partial charge in [-0.25, -0.2) is 9.97 Å². The summed E-state index contributed by atoms with van der Waals surface area (Å²) in [4.78, 5) is 13.2. The maximum atomic E-state index is 5.39. The summed E-state index contributed by atoms with van der Waals surface area (Å²) in [5.74, 6) is 0.668. The van der Waals surface area contributed by atoms with Crippen molar-refractivity contribution in [3.63, 3.8) is 0 Å². The number of rotatable bonds is 2. The molecular weight excluding hydrogens is 701 g/mol. The summed E-state index contributed by atoms with van der Waals surface area (Å²) in [5.41, 5.74) is 13.5. The number of benzene rings is 8. The number of fused-ring (bicyclic) bond motifs is 15. The third-order valence-electron chi connectivity index (χ3n) is 12.2. The van der Waals surface area contributed by atoms with E-state index < -0.39 is 5.41 Å². The summed E-state index contributed by atoms with van der Waals surface area (Å²) >= 11 is 1.87. The van der Waals surface area contributed by atoms with Crippen LogP contribution in [0.5, 0.6) is 0 Å². The first-order chi connectivity index (χ1) is 27.8. The van der Waals surface area contributed by atoms with Gasteiger partial charge in [-0.3, -0.25) is 4.57 Å². The van der Waals surface area contributed by atoms with Gasteiger partial charge in [0, 0.05) is 42.3 Å². The van der Waals surface area contributed by atoms with Crippen molar-refractivity contribution in [2.75, 3.05) is 0 Å². The Morgan fingerprint density at radius 3 is 1.91 bits per heavy atom. The molecule has 2 aliphatic heterocycles. The first-order valence-corrected chi connectivity index (χ1v) is 19.9. The minimum atomic E-state index is -0.561. The predicted octanol–water partition coefficient (Wildman–Crippen LogP) is 12.7. The van der Waals surface area contributed by atoms with Gasteiger partial charge in [-0.2, -0.15) is 0 Å². The predicted molar refractivity (Wildman–Crippen MR) is 230 cm³/mol. The van der Waals surface area contributed by atoms with Crippen molar-refractivity contribution in [1.82, 2.24) is 19.1 Å². The Hall–Kier alpha value is -6.95. The van der Waals surface area contributed by atoms with Crippen molar-refractivity contribution in [2.45, 2.75) is 15.2 Å². The number of hydrogen-bond acceptors (Lipinski definition) is 3. The van der Waals surface area contributed by atoms with E-state index in [1.807, 2.05) is 11.8 Å². The summed E-state index contributed by atoms with van der Waals surface area (Å²) in [5, 5.41) is 5.96. The van der Waals surface area contributed by atoms with Gasteiger partial charge in [0.2, 0.25) is 5.95 Å². The van der Waals surface area contributed by atoms with Gasteiger partial charge in [0.1, 0.15) is 0 Å². The summed E-state index contributed by atoms with van der Waals surface area (Å²) in [6.45, 7) is 0. The molecule has 0 amide bonds. The second-order valence-electron chi connectivity index (χ2n) is 14.9. The molecule has 1 spiro atoms. The molecule has 3 aromatic heterocycles. The average Bonchev–Trinajstić information content (AvgIpc) is 3.77. The smallest absolute Gasteiger partial charge is 0.235 e. The van der Waals surface area contributed by atoms with Crippen LogP contribution in [0.2, 0.25) is 0 Å². The van der Waals surface area contributed by atoms with Gasteiger partial charge in [0.25, 0.3) is 0 Å². The maximum absolute atomic E-state index is 5.39. The fourth-order valence-electron chi connectivity index (χ4n) is 9.98. The Kier molecular flexibility index (Phi) is 6.00. The van der Waals surface area contributed by atoms with E-state index in [9.17, 15) is 0 Å². The fourth-order valence-corrected chi connectivity index (χ4v) is 11.2. The van der Waals surface area contributed by atoms with E-state index in [0.717, 1.165) is 33.2 Å². The van der Waals surface area contributed by atoms with Gasteiger partial charge in [0.15, 0.2) is 0 Å². The molecule has 56 heavy (non-hydrogen) atoms. The third-order valence-corrected chi connectivity index (χ3v) is 13.3. The summed E-state index contributed by atoms with van der Waals surface area (Å²) in [6.07, 6.45) is 0. The van der Waals surface area contributed by atoms with Gasteiger partial charge in [0.05, 0.1) is 44.4 Å². The second-order valence-corrected chi connectivity index (χ2v) is 16.0. The fraction of sp³-hybridized carbons (Fsp3) is 0.0196. The van der Waals surface area contributed by atoms with Gasteiger partial charge < -0.3 is 4.57 Å². The van der Waals surface area contributed by atoms with Crippen molar-refractivity contribution in [1.29, 1.82) is 0 Å². The van der Waals surface area contributed by atoms with Crippen LogP contribution < -0.4 is 0 Å². The molecule has 1 atom stereocenters. The molecule has 11 aromatic rings. The van der Waals surface area contributed by atoms with E-state index in [-0.39, 0.29) is 0 Å². The molecule has 0 saturated heterocycles. The highest BCUT2D eigenvalue weighted by molar-refractivity contribution is 7.99. The molecule has 4 nitrogen and oxygen atoms in total. The minimum absolute atomic E-state index is 0.561. The lowest BCUT2D eigenvalue weighted by molar-refractivity contribution is 0.691. The topological polar surface area (TPSA) is 35.6 Å². The average molecular weight is 731 g/mol. The molecule has 0 N–H and O–H groups in total. The largest absolute Gasteiger partial charge is 0.309 e. The zero-order valence-electron chi connectivity index (χ0n) is 30.0. The molecular formula is C51H30N4S. The Morgan fingerprint density at radius 1 is 0.411 bits per heavy atom. The van der Waals surface area contributed by atoms with Crippen LogP contribution in [-0.2, 0) is 5.41 Å². The highest BCUT2D eigenvalue weighted by Gasteiger charge is 2.49. The summed E-state index contributed by atoms with van der Waals surface area (Å²) in [6, 6.07) is 66.4. The van der Waals surface area contributed by atoms with Crippen LogP contribution in [0.15, 0.2) is 192 Å². The lowest BCUT2D eigenvalue weighted by Gasteiger charge is -2.45. The molecule has 8 aromatic carbocycles. The summed E-state index contributed by atoms with van der Waals surface area (Å²) < 4.78 is 4.79. The molecule has 13 rings (SSSR count). The van der Waals surface area contributed by atoms with Crippen LogP contribution >= 0.6 is 11.8 Å². The van der Waals surface area contributed by atoms with Gasteiger partial charge in [-0.1, -0.05) is 151 Å². The number of nitrogens with zero attached hydrogens (tertiary/aromatic N) is 4. The molecule has 5 heteroatoms. The lowest BCUT2D eigenvalue weighted by Crippen LogP contribution is -2.37. The van der Waals surface area contributed by atoms with Crippen LogP contribution in [0.25, 0.3) is 77.4 Å². The molecule has 0 bridgehead atoms. The van der Waals surface area contributed by atoms with Crippen LogP contribution in [0, 0.1) is 0 Å². The van der Waals surface area contributed by atoms with Crippen LogP contribution in [0.3, 0.4) is 0 Å². The summed E-state index contributed by atoms with van der Waals surface area (Å²) in [7, 11) is 0. The van der Waals surface area contributed by atoms with Crippen LogP contribution in [0.1, 0.15) is 22.3 Å². The Labute approximate surface area is 326 Å². The minimum Gasteiger partial charge on any atom is -0.309 e. The van der Waals surface area contributed by atoms with Gasteiger partial charge in [-0.15, -0.1) is 0 Å². The molecule has 1 unspecified atom stereocenters. The quantitative estimate of drug-likeness (QED) is 0.178. The van der Waals surface area contributed by atoms with Crippen molar-refractivity contribution in [3.05, 3.63) is 204 Å². The maximum Gasteiger partial charge on any atom is 0.235 e. The van der Waals surface area contributed by atoms with Crippen LogP contribution in [0.4, 0.5) is 0 Å². The van der Waals surface area contributed by atoms with Gasteiger partial charge >= 0.3 is 0 Å². The van der Waals surface area contributed by atoms with Crippen molar-refractivity contribution in [3.8, 4) is 22.9 Å². The Morgan fingerprint density at radius 2 is 1.05 bits per heavy atom. The molecule has 0 radical (unpaired) electrons. The van der Waals surface area contributed by atoms with E-state index in [1.165, 1.54) is 70.3 Å². The van der Waals surface area contributed by atoms with E-state index in [1.54, 1.807) is 0 Å². The van der Waals surface area contributed by atoms with Crippen LogP contribution in [-0.4, -0.2) is 19.1 Å². The van der Waals surface area contributed by atoms with E-state index in [4.69, 9.17) is 9.97 Å². The van der Waals surface area contributed by atoms with Crippen molar-refractivity contribution >= 4 is 66.3 Å². The Bertz CT molecular complexity index is 3470. The molecule has 0 saturated carbocycles. The molecule has 0 aliphatic carbocycles. The number of para-hydroxylation sites is 5. The standard InChI is InChI=1S/C51H30N4S/c1-2-15-31(16-3-1)48-35-19-4-9-24-41(35)52-50(53-48)55-43-26-11-6-18-33(43)36-29-40-47(30-45(36)55)56-46-28-13-8-22-38(46)51(40)37-21-7-12-27-44(37)54-42-25-10-5-17-32(42)34-20-14-23-39(51)49(34)54/h1-30H. The van der Waals surface area contributed by atoms with E-state index >= 15 is 0 Å². The zero-order chi connectivity index (χ0) is 36.5. The second kappa shape index (κ2) is 11.1. The highest BCUT2D eigenvalue weighted by Crippen LogP contribution is 2.61. The Balaban J connectivity index is 1.18. The number of hydrogen-bond donors (Lipinski definition) is 0. The molecule has 260 valence electrons. The first-order valence-electron chi connectivity index (χ1n) is 19.1. The first kappa shape index (κ1) is 30.4. The number of aromatic nitrogens is 4. The van der Waals surface area contributed by atoms with E-state index in [0.29, 0.717) is 5.95 Å². The van der Waals surface area contributed by atoms with Crippen molar-refractivity contribution < 1.29 is 0 Å². The zero-order valence-corrected chi connectivity index (χ0v) is 30.8. The lowest BCUT2D eigenvalue weighted by atomic mass is 9.62. The molecule has 2 aliphatic rings. The van der Waals surface area contributed by atoms with Crippen molar-refractivity contribution in [2.24, 2.45) is 0 Å². The third kappa shape index (κ3) is 3.80. The van der Waals surface area contributed by atoms with E-state index in [2.05, 4.69) is 191 Å². The SMILES string of the molecule is c1ccc(-c2nc(-n3c4ccccc4c4cc5c(cc43)Sc3ccccc3C53c4ccccc4-n4c5ccccc5c5cccc3c54)nc3ccccc23)cc1.